The molecule has 0 aliphatic carbocycles. The Hall–Kier alpha value is -2.42. The Bertz CT molecular complexity index is 1230. The summed E-state index contributed by atoms with van der Waals surface area (Å²) in [4.78, 5) is 10.8. The maximum atomic E-state index is 15.1. The molecule has 2 N–H and O–H groups in total. The quantitative estimate of drug-likeness (QED) is 0.528. The van der Waals surface area contributed by atoms with Gasteiger partial charge in [-0.25, -0.2) is 13.8 Å². The highest BCUT2D eigenvalue weighted by Crippen LogP contribution is 2.47. The molecule has 166 valence electrons. The fourth-order valence-corrected chi connectivity index (χ4v) is 6.68. The van der Waals surface area contributed by atoms with Gasteiger partial charge >= 0.3 is 0 Å². The molecule has 2 saturated heterocycles. The Balaban J connectivity index is 1.38. The number of aromatic nitrogens is 1. The number of fused-ring (bicyclic) bond motifs is 2. The smallest absolute Gasteiger partial charge is 0.175 e. The fourth-order valence-electron chi connectivity index (χ4n) is 5.40. The first-order chi connectivity index (χ1) is 15.6. The summed E-state index contributed by atoms with van der Waals surface area (Å²) in [5.74, 6) is -0.960. The van der Waals surface area contributed by atoms with Crippen LogP contribution in [0.1, 0.15) is 48.5 Å². The van der Waals surface area contributed by atoms with E-state index in [1.54, 1.807) is 29.8 Å². The van der Waals surface area contributed by atoms with Crippen LogP contribution in [0, 0.1) is 11.6 Å². The van der Waals surface area contributed by atoms with Gasteiger partial charge in [0.25, 0.3) is 0 Å². The molecular formula is C24H24F2N4OS. The SMILES string of the molecule is CC1C=Nc2c1cc(F)c(Nc1ccnc3sc(C4CCNC45CCOCC5)cc13)c2F. The van der Waals surface area contributed by atoms with E-state index in [0.29, 0.717) is 17.2 Å². The number of nitrogens with one attached hydrogen (secondary N) is 2. The van der Waals surface area contributed by atoms with Crippen LogP contribution in [0.25, 0.3) is 10.2 Å². The van der Waals surface area contributed by atoms with E-state index in [4.69, 9.17) is 4.74 Å². The lowest BCUT2D eigenvalue weighted by Crippen LogP contribution is -2.48. The average molecular weight is 455 g/mol. The predicted molar refractivity (Wildman–Crippen MR) is 124 cm³/mol. The van der Waals surface area contributed by atoms with Gasteiger partial charge in [-0.2, -0.15) is 0 Å². The molecule has 0 saturated carbocycles. The third-order valence-electron chi connectivity index (χ3n) is 7.16. The Morgan fingerprint density at radius 3 is 2.94 bits per heavy atom. The molecule has 2 unspecified atom stereocenters. The molecule has 5 nitrogen and oxygen atoms in total. The number of benzene rings is 1. The lowest BCUT2D eigenvalue weighted by atomic mass is 9.78. The highest BCUT2D eigenvalue weighted by atomic mass is 32.1. The number of anilines is 2. The van der Waals surface area contributed by atoms with Crippen molar-refractivity contribution in [1.29, 1.82) is 0 Å². The summed E-state index contributed by atoms with van der Waals surface area (Å²) < 4.78 is 35.6. The predicted octanol–water partition coefficient (Wildman–Crippen LogP) is 5.76. The van der Waals surface area contributed by atoms with Crippen molar-refractivity contribution in [1.82, 2.24) is 10.3 Å². The Kier molecular flexibility index (Phi) is 4.78. The van der Waals surface area contributed by atoms with Crippen LogP contribution in [0.15, 0.2) is 29.4 Å². The summed E-state index contributed by atoms with van der Waals surface area (Å²) in [7, 11) is 0. The van der Waals surface area contributed by atoms with E-state index in [0.717, 1.165) is 49.2 Å². The number of thiophene rings is 1. The molecule has 3 aromatic rings. The van der Waals surface area contributed by atoms with Crippen LogP contribution in [0.5, 0.6) is 0 Å². The Morgan fingerprint density at radius 1 is 1.25 bits per heavy atom. The van der Waals surface area contributed by atoms with Crippen molar-refractivity contribution in [3.05, 3.63) is 46.5 Å². The van der Waals surface area contributed by atoms with E-state index in [2.05, 4.69) is 26.7 Å². The molecule has 6 rings (SSSR count). The van der Waals surface area contributed by atoms with Gasteiger partial charge in [0, 0.05) is 53.3 Å². The molecule has 0 bridgehead atoms. The van der Waals surface area contributed by atoms with Gasteiger partial charge in [0.1, 0.15) is 22.0 Å². The van der Waals surface area contributed by atoms with Crippen molar-refractivity contribution in [3.63, 3.8) is 0 Å². The van der Waals surface area contributed by atoms with E-state index < -0.39 is 11.6 Å². The number of nitrogens with zero attached hydrogens (tertiary/aromatic N) is 2. The zero-order chi connectivity index (χ0) is 21.9. The van der Waals surface area contributed by atoms with E-state index in [9.17, 15) is 4.39 Å². The summed E-state index contributed by atoms with van der Waals surface area (Å²) in [5, 5.41) is 7.64. The standard InChI is InChI=1S/C24H24F2N4OS/c1-13-12-28-21-14(13)10-17(25)22(20(21)26)30-18-3-6-27-23-15(18)11-19(32-23)16-2-7-29-24(16)4-8-31-9-5-24/h3,6,10-13,16,29H,2,4-5,7-9H2,1H3,(H,27,30). The molecular weight excluding hydrogens is 430 g/mol. The van der Waals surface area contributed by atoms with Crippen LogP contribution in [0.3, 0.4) is 0 Å². The summed E-state index contributed by atoms with van der Waals surface area (Å²) in [6.45, 7) is 4.42. The molecule has 3 aliphatic rings. The second-order valence-corrected chi connectivity index (χ2v) is 10.0. The second kappa shape index (κ2) is 7.57. The van der Waals surface area contributed by atoms with E-state index >= 15 is 4.39 Å². The molecule has 5 heterocycles. The number of hydrogen-bond acceptors (Lipinski definition) is 6. The third kappa shape index (κ3) is 3.08. The molecule has 0 radical (unpaired) electrons. The van der Waals surface area contributed by atoms with Crippen molar-refractivity contribution in [2.45, 2.75) is 43.6 Å². The van der Waals surface area contributed by atoms with Crippen LogP contribution in [-0.4, -0.2) is 36.5 Å². The van der Waals surface area contributed by atoms with Gasteiger partial charge in [-0.15, -0.1) is 11.3 Å². The highest BCUT2D eigenvalue weighted by Gasteiger charge is 2.45. The number of ether oxygens (including phenoxy) is 1. The van der Waals surface area contributed by atoms with Gasteiger partial charge in [-0.3, -0.25) is 4.99 Å². The summed E-state index contributed by atoms with van der Waals surface area (Å²) >= 11 is 1.67. The Labute approximate surface area is 188 Å². The normalized spacial score (nSPS) is 23.8. The van der Waals surface area contributed by atoms with E-state index in [-0.39, 0.29) is 22.8 Å². The first-order valence-electron chi connectivity index (χ1n) is 11.1. The monoisotopic (exact) mass is 454 g/mol. The van der Waals surface area contributed by atoms with Crippen molar-refractivity contribution in [3.8, 4) is 0 Å². The van der Waals surface area contributed by atoms with Crippen molar-refractivity contribution >= 4 is 44.8 Å². The maximum absolute atomic E-state index is 15.1. The highest BCUT2D eigenvalue weighted by molar-refractivity contribution is 7.18. The minimum absolute atomic E-state index is 0.0691. The Morgan fingerprint density at radius 2 is 2.09 bits per heavy atom. The number of hydrogen-bond donors (Lipinski definition) is 2. The topological polar surface area (TPSA) is 58.5 Å². The summed E-state index contributed by atoms with van der Waals surface area (Å²) in [6.07, 6.45) is 6.39. The lowest BCUT2D eigenvalue weighted by molar-refractivity contribution is 0.0397. The molecule has 1 aromatic carbocycles. The van der Waals surface area contributed by atoms with E-state index in [1.807, 2.05) is 6.92 Å². The molecule has 3 aliphatic heterocycles. The van der Waals surface area contributed by atoms with Gasteiger partial charge < -0.3 is 15.4 Å². The molecule has 1 spiro atoms. The van der Waals surface area contributed by atoms with Crippen LogP contribution in [-0.2, 0) is 4.74 Å². The second-order valence-electron chi connectivity index (χ2n) is 8.94. The first-order valence-corrected chi connectivity index (χ1v) is 11.9. The minimum Gasteiger partial charge on any atom is -0.381 e. The number of pyridine rings is 1. The van der Waals surface area contributed by atoms with Crippen molar-refractivity contribution < 1.29 is 13.5 Å². The van der Waals surface area contributed by atoms with E-state index in [1.165, 1.54) is 10.9 Å². The number of halogens is 2. The molecule has 2 aromatic heterocycles. The molecule has 32 heavy (non-hydrogen) atoms. The number of aliphatic imine (C=N–C) groups is 1. The van der Waals surface area contributed by atoms with Crippen LogP contribution in [0.2, 0.25) is 0 Å². The van der Waals surface area contributed by atoms with Gasteiger partial charge in [0.15, 0.2) is 5.82 Å². The number of rotatable bonds is 3. The fraction of sp³-hybridized carbons (Fsp3) is 0.417. The van der Waals surface area contributed by atoms with Gasteiger partial charge in [0.05, 0.1) is 5.69 Å². The van der Waals surface area contributed by atoms with Gasteiger partial charge in [-0.1, -0.05) is 6.92 Å². The molecule has 2 fully saturated rings. The summed E-state index contributed by atoms with van der Waals surface area (Å²) in [5.41, 5.74) is 1.35. The zero-order valence-electron chi connectivity index (χ0n) is 17.8. The largest absolute Gasteiger partial charge is 0.381 e. The van der Waals surface area contributed by atoms with Gasteiger partial charge in [0.2, 0.25) is 0 Å². The van der Waals surface area contributed by atoms with Gasteiger partial charge in [-0.05, 0) is 49.6 Å². The summed E-state index contributed by atoms with van der Waals surface area (Å²) in [6, 6.07) is 5.30. The van der Waals surface area contributed by atoms with Crippen molar-refractivity contribution in [2.24, 2.45) is 4.99 Å². The minimum atomic E-state index is -0.651. The lowest BCUT2D eigenvalue weighted by Gasteiger charge is -2.38. The average Bonchev–Trinajstić information content (AvgIpc) is 3.49. The third-order valence-corrected chi connectivity index (χ3v) is 8.32. The van der Waals surface area contributed by atoms with Crippen LogP contribution >= 0.6 is 11.3 Å². The maximum Gasteiger partial charge on any atom is 0.175 e. The zero-order valence-corrected chi connectivity index (χ0v) is 18.6. The van der Waals surface area contributed by atoms with Crippen molar-refractivity contribution in [2.75, 3.05) is 25.1 Å². The molecule has 8 heteroatoms. The molecule has 0 amide bonds. The van der Waals surface area contributed by atoms with Crippen LogP contribution < -0.4 is 10.6 Å². The molecule has 2 atom stereocenters. The first kappa shape index (κ1) is 20.2. The van der Waals surface area contributed by atoms with Crippen LogP contribution in [0.4, 0.5) is 25.8 Å².